The highest BCUT2D eigenvalue weighted by Gasteiger charge is 2.30. The first kappa shape index (κ1) is 17.7. The monoisotopic (exact) mass is 327 g/mol. The van der Waals surface area contributed by atoms with E-state index in [1.165, 1.54) is 0 Å². The van der Waals surface area contributed by atoms with Crippen molar-refractivity contribution in [2.24, 2.45) is 0 Å². The summed E-state index contributed by atoms with van der Waals surface area (Å²) >= 11 is 0. The lowest BCUT2D eigenvalue weighted by Crippen LogP contribution is -2.39. The molecule has 5 heteroatoms. The Balaban J connectivity index is 2.31. The van der Waals surface area contributed by atoms with Crippen LogP contribution >= 0.6 is 0 Å². The van der Waals surface area contributed by atoms with Gasteiger partial charge in [0.05, 0.1) is 5.60 Å². The zero-order chi connectivity index (χ0) is 17.7. The SMILES string of the molecule is CC(C)(C)ON(C=O)C(C(=O)O)c1ccc(-c2ccccc2)cc1. The summed E-state index contributed by atoms with van der Waals surface area (Å²) in [6, 6.07) is 15.6. The molecule has 1 N–H and O–H groups in total. The van der Waals surface area contributed by atoms with Crippen LogP contribution in [0, 0.1) is 0 Å². The molecule has 0 aliphatic heterocycles. The quantitative estimate of drug-likeness (QED) is 0.649. The third kappa shape index (κ3) is 4.43. The number of carbonyl (C=O) groups is 2. The molecule has 0 aliphatic carbocycles. The highest BCUT2D eigenvalue weighted by Crippen LogP contribution is 2.26. The Bertz CT molecular complexity index is 690. The summed E-state index contributed by atoms with van der Waals surface area (Å²) in [5, 5.41) is 10.4. The van der Waals surface area contributed by atoms with Crippen molar-refractivity contribution in [1.29, 1.82) is 0 Å². The molecule has 0 bridgehead atoms. The minimum atomic E-state index is -1.20. The van der Waals surface area contributed by atoms with Crippen LogP contribution in [0.4, 0.5) is 0 Å². The van der Waals surface area contributed by atoms with Gasteiger partial charge in [-0.1, -0.05) is 54.6 Å². The molecule has 0 saturated carbocycles. The third-order valence-electron chi connectivity index (χ3n) is 3.31. The summed E-state index contributed by atoms with van der Waals surface area (Å²) in [6.07, 6.45) is 0.398. The van der Waals surface area contributed by atoms with Gasteiger partial charge in [0.1, 0.15) is 0 Å². The largest absolute Gasteiger partial charge is 0.479 e. The lowest BCUT2D eigenvalue weighted by Gasteiger charge is -2.31. The maximum atomic E-state index is 11.7. The maximum absolute atomic E-state index is 11.7. The van der Waals surface area contributed by atoms with E-state index in [-0.39, 0.29) is 0 Å². The molecule has 5 nitrogen and oxygen atoms in total. The lowest BCUT2D eigenvalue weighted by molar-refractivity contribution is -0.236. The molecule has 1 unspecified atom stereocenters. The Morgan fingerprint density at radius 3 is 2.04 bits per heavy atom. The lowest BCUT2D eigenvalue weighted by atomic mass is 10.0. The second kappa shape index (κ2) is 7.27. The van der Waals surface area contributed by atoms with Gasteiger partial charge in [-0.05, 0) is 37.5 Å². The van der Waals surface area contributed by atoms with Crippen molar-refractivity contribution in [3.05, 3.63) is 60.2 Å². The first-order valence-electron chi connectivity index (χ1n) is 7.63. The van der Waals surface area contributed by atoms with Gasteiger partial charge in [-0.2, -0.15) is 0 Å². The number of carboxylic acid groups (broad SMARTS) is 1. The summed E-state index contributed by atoms with van der Waals surface area (Å²) in [5.74, 6) is -1.15. The number of carbonyl (C=O) groups excluding carboxylic acids is 1. The molecule has 0 aliphatic rings. The smallest absolute Gasteiger partial charge is 0.333 e. The van der Waals surface area contributed by atoms with Gasteiger partial charge in [-0.25, -0.2) is 9.86 Å². The van der Waals surface area contributed by atoms with E-state index in [4.69, 9.17) is 4.84 Å². The molecule has 1 amide bonds. The number of hydrogen-bond acceptors (Lipinski definition) is 3. The van der Waals surface area contributed by atoms with Crippen LogP contribution < -0.4 is 0 Å². The van der Waals surface area contributed by atoms with E-state index >= 15 is 0 Å². The van der Waals surface area contributed by atoms with E-state index in [0.717, 1.165) is 16.2 Å². The van der Waals surface area contributed by atoms with Gasteiger partial charge in [0.15, 0.2) is 6.04 Å². The Morgan fingerprint density at radius 1 is 1.04 bits per heavy atom. The van der Waals surface area contributed by atoms with Crippen molar-refractivity contribution < 1.29 is 19.5 Å². The van der Waals surface area contributed by atoms with Crippen molar-refractivity contribution in [3.8, 4) is 11.1 Å². The second-order valence-electron chi connectivity index (χ2n) is 6.40. The Labute approximate surface area is 141 Å². The van der Waals surface area contributed by atoms with Crippen LogP contribution in [0.25, 0.3) is 11.1 Å². The van der Waals surface area contributed by atoms with Gasteiger partial charge >= 0.3 is 5.97 Å². The van der Waals surface area contributed by atoms with Crippen LogP contribution in [0.1, 0.15) is 32.4 Å². The van der Waals surface area contributed by atoms with Gasteiger partial charge in [-0.15, -0.1) is 0 Å². The molecule has 24 heavy (non-hydrogen) atoms. The second-order valence-corrected chi connectivity index (χ2v) is 6.40. The molecule has 2 aromatic rings. The third-order valence-corrected chi connectivity index (χ3v) is 3.31. The van der Waals surface area contributed by atoms with Gasteiger partial charge in [-0.3, -0.25) is 9.63 Å². The first-order valence-corrected chi connectivity index (χ1v) is 7.63. The molecule has 0 aromatic heterocycles. The fourth-order valence-corrected chi connectivity index (χ4v) is 2.34. The van der Waals surface area contributed by atoms with Crippen LogP contribution in [0.2, 0.25) is 0 Å². The van der Waals surface area contributed by atoms with Crippen molar-refractivity contribution >= 4 is 12.4 Å². The van der Waals surface area contributed by atoms with E-state index in [2.05, 4.69) is 0 Å². The van der Waals surface area contributed by atoms with Crippen LogP contribution in [0.3, 0.4) is 0 Å². The molecular weight excluding hydrogens is 306 g/mol. The number of aliphatic carboxylic acids is 1. The van der Waals surface area contributed by atoms with Gasteiger partial charge < -0.3 is 5.11 Å². The first-order chi connectivity index (χ1) is 11.3. The molecule has 2 aromatic carbocycles. The number of benzene rings is 2. The number of hydroxylamine groups is 2. The zero-order valence-corrected chi connectivity index (χ0v) is 14.0. The minimum Gasteiger partial charge on any atom is -0.479 e. The number of carboxylic acids is 1. The summed E-state index contributed by atoms with van der Waals surface area (Å²) < 4.78 is 0. The Kier molecular flexibility index (Phi) is 5.36. The molecule has 0 fully saturated rings. The average Bonchev–Trinajstić information content (AvgIpc) is 2.54. The van der Waals surface area contributed by atoms with Crippen molar-refractivity contribution in [2.45, 2.75) is 32.4 Å². The van der Waals surface area contributed by atoms with E-state index in [9.17, 15) is 14.7 Å². The van der Waals surface area contributed by atoms with Crippen molar-refractivity contribution in [2.75, 3.05) is 0 Å². The van der Waals surface area contributed by atoms with Crippen molar-refractivity contribution in [3.63, 3.8) is 0 Å². The maximum Gasteiger partial charge on any atom is 0.333 e. The number of rotatable bonds is 6. The average molecular weight is 327 g/mol. The molecular formula is C19H21NO4. The Morgan fingerprint density at radius 2 is 1.58 bits per heavy atom. The fraction of sp³-hybridized carbons (Fsp3) is 0.263. The van der Waals surface area contributed by atoms with Crippen LogP contribution in [0.5, 0.6) is 0 Å². The molecule has 0 radical (unpaired) electrons. The number of nitrogens with zero attached hydrogens (tertiary/aromatic N) is 1. The van der Waals surface area contributed by atoms with Crippen molar-refractivity contribution in [1.82, 2.24) is 5.06 Å². The molecule has 0 saturated heterocycles. The van der Waals surface area contributed by atoms with Crippen LogP contribution in [0.15, 0.2) is 54.6 Å². The minimum absolute atomic E-state index is 0.398. The number of hydrogen-bond donors (Lipinski definition) is 1. The standard InChI is InChI=1S/C19H21NO4/c1-19(2,3)24-20(13-21)17(18(22)23)16-11-9-15(10-12-16)14-7-5-4-6-8-14/h4-13,17H,1-3H3,(H,22,23). The molecule has 0 heterocycles. The summed E-state index contributed by atoms with van der Waals surface area (Å²) in [6.45, 7) is 5.25. The molecule has 126 valence electrons. The van der Waals surface area contributed by atoms with Gasteiger partial charge in [0.25, 0.3) is 0 Å². The van der Waals surface area contributed by atoms with E-state index in [0.29, 0.717) is 12.0 Å². The zero-order valence-electron chi connectivity index (χ0n) is 14.0. The van der Waals surface area contributed by atoms with E-state index < -0.39 is 17.6 Å². The number of amides is 1. The highest BCUT2D eigenvalue weighted by molar-refractivity contribution is 5.78. The predicted octanol–water partition coefficient (Wildman–Crippen LogP) is 3.67. The fourth-order valence-electron chi connectivity index (χ4n) is 2.34. The van der Waals surface area contributed by atoms with E-state index in [1.54, 1.807) is 32.9 Å². The van der Waals surface area contributed by atoms with Gasteiger partial charge in [0, 0.05) is 0 Å². The van der Waals surface area contributed by atoms with Crippen LogP contribution in [-0.4, -0.2) is 28.2 Å². The van der Waals surface area contributed by atoms with E-state index in [1.807, 2.05) is 42.5 Å². The molecule has 2 rings (SSSR count). The summed E-state index contributed by atoms with van der Waals surface area (Å²) in [5.41, 5.74) is 1.80. The molecule has 1 atom stereocenters. The predicted molar refractivity (Wildman–Crippen MR) is 91.0 cm³/mol. The van der Waals surface area contributed by atoms with Gasteiger partial charge in [0.2, 0.25) is 6.41 Å². The summed E-state index contributed by atoms with van der Waals surface area (Å²) in [4.78, 5) is 28.5. The highest BCUT2D eigenvalue weighted by atomic mass is 16.7. The summed E-state index contributed by atoms with van der Waals surface area (Å²) in [7, 11) is 0. The molecule has 0 spiro atoms. The van der Waals surface area contributed by atoms with Crippen LogP contribution in [-0.2, 0) is 14.4 Å². The topological polar surface area (TPSA) is 66.8 Å². The Hall–Kier alpha value is -2.66. The normalized spacial score (nSPS) is 12.5.